The number of nitrogens with zero attached hydrogens (tertiary/aromatic N) is 2. The van der Waals surface area contributed by atoms with Crippen molar-refractivity contribution in [2.75, 3.05) is 26.3 Å². The van der Waals surface area contributed by atoms with E-state index in [4.69, 9.17) is 4.74 Å². The van der Waals surface area contributed by atoms with Crippen LogP contribution in [0.15, 0.2) is 54.7 Å². The first-order chi connectivity index (χ1) is 12.7. The number of carbonyl (C=O) groups excluding carboxylic acids is 1. The van der Waals surface area contributed by atoms with Crippen LogP contribution in [0.3, 0.4) is 0 Å². The minimum absolute atomic E-state index is 0.155. The zero-order valence-electron chi connectivity index (χ0n) is 14.9. The van der Waals surface area contributed by atoms with E-state index in [0.717, 1.165) is 16.5 Å². The molecule has 0 bridgehead atoms. The van der Waals surface area contributed by atoms with Gasteiger partial charge in [-0.25, -0.2) is 0 Å². The first-order valence-corrected chi connectivity index (χ1v) is 9.01. The van der Waals surface area contributed by atoms with Gasteiger partial charge in [0.15, 0.2) is 0 Å². The molecular formula is C22H22N2O2. The van der Waals surface area contributed by atoms with E-state index >= 15 is 0 Å². The van der Waals surface area contributed by atoms with E-state index in [9.17, 15) is 4.79 Å². The number of amides is 1. The highest BCUT2D eigenvalue weighted by molar-refractivity contribution is 5.95. The Bertz CT molecular complexity index is 946. The molecule has 1 saturated heterocycles. The lowest BCUT2D eigenvalue weighted by molar-refractivity contribution is -0.134. The van der Waals surface area contributed by atoms with Crippen LogP contribution in [0.25, 0.3) is 22.0 Å². The summed E-state index contributed by atoms with van der Waals surface area (Å²) < 4.78 is 5.32. The maximum atomic E-state index is 12.5. The quantitative estimate of drug-likeness (QED) is 0.727. The number of pyridine rings is 1. The van der Waals surface area contributed by atoms with Crippen LogP contribution < -0.4 is 0 Å². The second-order valence-electron chi connectivity index (χ2n) is 6.69. The van der Waals surface area contributed by atoms with Crippen LogP contribution in [0.5, 0.6) is 0 Å². The maximum absolute atomic E-state index is 12.5. The SMILES string of the molecule is Cc1ccccc1-c1ccnc2cc(CC(=O)N3CCOCC3)ccc12. The lowest BCUT2D eigenvalue weighted by atomic mass is 9.96. The third-order valence-electron chi connectivity index (χ3n) is 4.96. The summed E-state index contributed by atoms with van der Waals surface area (Å²) in [4.78, 5) is 18.9. The Balaban J connectivity index is 1.64. The molecule has 2 heterocycles. The summed E-state index contributed by atoms with van der Waals surface area (Å²) in [7, 11) is 0. The van der Waals surface area contributed by atoms with Crippen LogP contribution in [-0.4, -0.2) is 42.1 Å². The van der Waals surface area contributed by atoms with Gasteiger partial charge >= 0.3 is 0 Å². The van der Waals surface area contributed by atoms with Crippen molar-refractivity contribution in [2.45, 2.75) is 13.3 Å². The minimum Gasteiger partial charge on any atom is -0.378 e. The summed E-state index contributed by atoms with van der Waals surface area (Å²) in [5.41, 5.74) is 5.57. The Morgan fingerprint density at radius 2 is 1.88 bits per heavy atom. The summed E-state index contributed by atoms with van der Waals surface area (Å²) in [6, 6.07) is 16.6. The Morgan fingerprint density at radius 1 is 1.08 bits per heavy atom. The molecule has 26 heavy (non-hydrogen) atoms. The van der Waals surface area contributed by atoms with Gasteiger partial charge in [0.2, 0.25) is 5.91 Å². The molecule has 0 unspecified atom stereocenters. The van der Waals surface area contributed by atoms with Crippen molar-refractivity contribution in [3.05, 3.63) is 65.9 Å². The molecule has 4 heteroatoms. The van der Waals surface area contributed by atoms with Crippen LogP contribution in [-0.2, 0) is 16.0 Å². The molecule has 1 aliphatic heterocycles. The van der Waals surface area contributed by atoms with Crippen molar-refractivity contribution in [3.8, 4) is 11.1 Å². The van der Waals surface area contributed by atoms with E-state index in [1.165, 1.54) is 16.7 Å². The van der Waals surface area contributed by atoms with Gasteiger partial charge in [-0.3, -0.25) is 9.78 Å². The largest absolute Gasteiger partial charge is 0.378 e. The van der Waals surface area contributed by atoms with Crippen molar-refractivity contribution in [2.24, 2.45) is 0 Å². The predicted molar refractivity (Wildman–Crippen MR) is 103 cm³/mol. The van der Waals surface area contributed by atoms with Gasteiger partial charge < -0.3 is 9.64 Å². The van der Waals surface area contributed by atoms with E-state index in [0.29, 0.717) is 32.7 Å². The van der Waals surface area contributed by atoms with Gasteiger partial charge in [-0.15, -0.1) is 0 Å². The molecule has 1 fully saturated rings. The fraction of sp³-hybridized carbons (Fsp3) is 0.273. The fourth-order valence-electron chi connectivity index (χ4n) is 3.51. The van der Waals surface area contributed by atoms with Gasteiger partial charge in [0.25, 0.3) is 0 Å². The van der Waals surface area contributed by atoms with Crippen molar-refractivity contribution in [1.82, 2.24) is 9.88 Å². The van der Waals surface area contributed by atoms with Crippen LogP contribution >= 0.6 is 0 Å². The molecule has 3 aromatic rings. The van der Waals surface area contributed by atoms with E-state index in [2.05, 4.69) is 48.3 Å². The lowest BCUT2D eigenvalue weighted by Gasteiger charge is -2.26. The van der Waals surface area contributed by atoms with Crippen molar-refractivity contribution in [1.29, 1.82) is 0 Å². The molecule has 1 aliphatic rings. The lowest BCUT2D eigenvalue weighted by Crippen LogP contribution is -2.41. The Morgan fingerprint density at radius 3 is 2.69 bits per heavy atom. The molecule has 0 spiro atoms. The summed E-state index contributed by atoms with van der Waals surface area (Å²) in [5.74, 6) is 0.155. The van der Waals surface area contributed by atoms with E-state index in [1.54, 1.807) is 0 Å². The van der Waals surface area contributed by atoms with Crippen molar-refractivity contribution in [3.63, 3.8) is 0 Å². The highest BCUT2D eigenvalue weighted by Crippen LogP contribution is 2.30. The van der Waals surface area contributed by atoms with Gasteiger partial charge in [0.1, 0.15) is 0 Å². The second kappa shape index (κ2) is 7.26. The van der Waals surface area contributed by atoms with Gasteiger partial charge in [0.05, 0.1) is 25.2 Å². The molecule has 4 rings (SSSR count). The molecule has 1 amide bonds. The minimum atomic E-state index is 0.155. The number of aromatic nitrogens is 1. The number of morpholine rings is 1. The van der Waals surface area contributed by atoms with Crippen LogP contribution in [0.1, 0.15) is 11.1 Å². The molecule has 4 nitrogen and oxygen atoms in total. The molecule has 0 N–H and O–H groups in total. The number of hydrogen-bond acceptors (Lipinski definition) is 3. The highest BCUT2D eigenvalue weighted by atomic mass is 16.5. The molecule has 2 aromatic carbocycles. The molecular weight excluding hydrogens is 324 g/mol. The number of ether oxygens (including phenoxy) is 1. The number of hydrogen-bond donors (Lipinski definition) is 0. The highest BCUT2D eigenvalue weighted by Gasteiger charge is 2.17. The first-order valence-electron chi connectivity index (χ1n) is 9.01. The molecule has 0 radical (unpaired) electrons. The third-order valence-corrected chi connectivity index (χ3v) is 4.96. The van der Waals surface area contributed by atoms with Crippen LogP contribution in [0.2, 0.25) is 0 Å². The van der Waals surface area contributed by atoms with Gasteiger partial charge in [-0.1, -0.05) is 36.4 Å². The van der Waals surface area contributed by atoms with E-state index in [-0.39, 0.29) is 5.91 Å². The third kappa shape index (κ3) is 3.33. The van der Waals surface area contributed by atoms with Crippen LogP contribution in [0.4, 0.5) is 0 Å². The zero-order chi connectivity index (χ0) is 17.9. The fourth-order valence-corrected chi connectivity index (χ4v) is 3.51. The number of fused-ring (bicyclic) bond motifs is 1. The van der Waals surface area contributed by atoms with E-state index in [1.807, 2.05) is 23.2 Å². The summed E-state index contributed by atoms with van der Waals surface area (Å²) in [6.07, 6.45) is 2.25. The van der Waals surface area contributed by atoms with Gasteiger partial charge in [-0.2, -0.15) is 0 Å². The number of aryl methyl sites for hydroxylation is 1. The molecule has 0 saturated carbocycles. The zero-order valence-corrected chi connectivity index (χ0v) is 14.9. The van der Waals surface area contributed by atoms with Crippen molar-refractivity contribution >= 4 is 16.8 Å². The Kier molecular flexibility index (Phi) is 4.67. The molecule has 132 valence electrons. The topological polar surface area (TPSA) is 42.4 Å². The average molecular weight is 346 g/mol. The van der Waals surface area contributed by atoms with Crippen molar-refractivity contribution < 1.29 is 9.53 Å². The van der Waals surface area contributed by atoms with Gasteiger partial charge in [0, 0.05) is 24.7 Å². The number of benzene rings is 2. The second-order valence-corrected chi connectivity index (χ2v) is 6.69. The Labute approximate surface area is 153 Å². The van der Waals surface area contributed by atoms with E-state index < -0.39 is 0 Å². The number of rotatable bonds is 3. The summed E-state index contributed by atoms with van der Waals surface area (Å²) in [5, 5.41) is 1.12. The average Bonchev–Trinajstić information content (AvgIpc) is 2.68. The molecule has 1 aromatic heterocycles. The van der Waals surface area contributed by atoms with Crippen LogP contribution in [0, 0.1) is 6.92 Å². The summed E-state index contributed by atoms with van der Waals surface area (Å²) in [6.45, 7) is 4.75. The van der Waals surface area contributed by atoms with Gasteiger partial charge in [-0.05, 0) is 41.3 Å². The smallest absolute Gasteiger partial charge is 0.227 e. The summed E-state index contributed by atoms with van der Waals surface area (Å²) >= 11 is 0. The molecule has 0 atom stereocenters. The first kappa shape index (κ1) is 16.7. The standard InChI is InChI=1S/C22H22N2O2/c1-16-4-2-3-5-18(16)19-8-9-23-21-14-17(6-7-20(19)21)15-22(25)24-10-12-26-13-11-24/h2-9,14H,10-13,15H2,1H3. The Hall–Kier alpha value is -2.72. The maximum Gasteiger partial charge on any atom is 0.227 e. The molecule has 0 aliphatic carbocycles. The monoisotopic (exact) mass is 346 g/mol. The predicted octanol–water partition coefficient (Wildman–Crippen LogP) is 3.61. The number of carbonyl (C=O) groups is 1. The normalized spacial score (nSPS) is 14.6.